The molecular formula is C20H24N2O5. The van der Waals surface area contributed by atoms with Gasteiger partial charge in [0.25, 0.3) is 5.91 Å². The number of ether oxygens (including phenoxy) is 2. The highest BCUT2D eigenvalue weighted by Crippen LogP contribution is 2.20. The van der Waals surface area contributed by atoms with Crippen molar-refractivity contribution in [2.45, 2.75) is 40.7 Å². The Labute approximate surface area is 158 Å². The number of hydrogen-bond acceptors (Lipinski definition) is 5. The zero-order chi connectivity index (χ0) is 20.1. The molecule has 0 saturated heterocycles. The Hall–Kier alpha value is -3.09. The van der Waals surface area contributed by atoms with Gasteiger partial charge in [0, 0.05) is 11.4 Å². The van der Waals surface area contributed by atoms with Crippen LogP contribution < -0.4 is 5.32 Å². The van der Waals surface area contributed by atoms with Crippen LogP contribution in [0.4, 0.5) is 5.69 Å². The number of hydrogen-bond donors (Lipinski definition) is 2. The first kappa shape index (κ1) is 20.2. The van der Waals surface area contributed by atoms with Crippen molar-refractivity contribution in [2.24, 2.45) is 0 Å². The number of carbonyl (C=O) groups excluding carboxylic acids is 3. The third-order valence-corrected chi connectivity index (χ3v) is 4.09. The van der Waals surface area contributed by atoms with E-state index in [0.29, 0.717) is 16.9 Å². The van der Waals surface area contributed by atoms with E-state index in [1.54, 1.807) is 32.9 Å². The lowest BCUT2D eigenvalue weighted by molar-refractivity contribution is -0.123. The molecule has 0 aliphatic carbocycles. The van der Waals surface area contributed by atoms with Crippen LogP contribution in [0.15, 0.2) is 24.3 Å². The molecule has 2 rings (SSSR count). The van der Waals surface area contributed by atoms with E-state index in [2.05, 4.69) is 10.3 Å². The van der Waals surface area contributed by atoms with Crippen LogP contribution >= 0.6 is 0 Å². The molecule has 1 amide bonds. The molecule has 0 fully saturated rings. The first-order valence-corrected chi connectivity index (χ1v) is 8.69. The number of esters is 2. The van der Waals surface area contributed by atoms with Crippen LogP contribution in [0.2, 0.25) is 0 Å². The van der Waals surface area contributed by atoms with Gasteiger partial charge in [-0.2, -0.15) is 0 Å². The zero-order valence-corrected chi connectivity index (χ0v) is 16.1. The summed E-state index contributed by atoms with van der Waals surface area (Å²) in [5.41, 5.74) is 3.04. The monoisotopic (exact) mass is 372 g/mol. The minimum absolute atomic E-state index is 0.207. The van der Waals surface area contributed by atoms with E-state index < -0.39 is 23.9 Å². The Kier molecular flexibility index (Phi) is 6.39. The van der Waals surface area contributed by atoms with Crippen LogP contribution in [-0.2, 0) is 14.3 Å². The predicted molar refractivity (Wildman–Crippen MR) is 101 cm³/mol. The van der Waals surface area contributed by atoms with Crippen LogP contribution in [0.1, 0.15) is 51.5 Å². The second-order valence-corrected chi connectivity index (χ2v) is 6.25. The van der Waals surface area contributed by atoms with E-state index in [1.807, 2.05) is 19.1 Å². The molecule has 7 nitrogen and oxygen atoms in total. The highest BCUT2D eigenvalue weighted by atomic mass is 16.5. The first-order chi connectivity index (χ1) is 12.7. The van der Waals surface area contributed by atoms with Gasteiger partial charge in [-0.3, -0.25) is 4.79 Å². The lowest BCUT2D eigenvalue weighted by Gasteiger charge is -2.14. The van der Waals surface area contributed by atoms with Crippen molar-refractivity contribution in [1.29, 1.82) is 0 Å². The molecule has 0 aliphatic heterocycles. The number of anilines is 1. The summed E-state index contributed by atoms with van der Waals surface area (Å²) in [5, 5.41) is 2.70. The second-order valence-electron chi connectivity index (χ2n) is 6.25. The fourth-order valence-electron chi connectivity index (χ4n) is 2.62. The molecule has 0 spiro atoms. The summed E-state index contributed by atoms with van der Waals surface area (Å²) < 4.78 is 10.3. The fraction of sp³-hybridized carbons (Fsp3) is 0.350. The lowest BCUT2D eigenvalue weighted by atomic mass is 10.1. The van der Waals surface area contributed by atoms with Crippen molar-refractivity contribution in [1.82, 2.24) is 4.98 Å². The summed E-state index contributed by atoms with van der Waals surface area (Å²) in [7, 11) is 0. The Morgan fingerprint density at radius 3 is 2.30 bits per heavy atom. The molecule has 27 heavy (non-hydrogen) atoms. The molecule has 2 N–H and O–H groups in total. The summed E-state index contributed by atoms with van der Waals surface area (Å²) in [6.07, 6.45) is -1.00. The standard InChI is InChI=1S/C20H24N2O5/c1-6-26-20(25)17-12(3)16(13(4)21-17)19(24)27-14(5)18(23)22-15-9-7-11(2)8-10-15/h7-10,14,21H,6H2,1-5H3,(H,22,23). The summed E-state index contributed by atoms with van der Waals surface area (Å²) in [4.78, 5) is 39.6. The van der Waals surface area contributed by atoms with Gasteiger partial charge in [-0.05, 0) is 52.3 Å². The van der Waals surface area contributed by atoms with Crippen LogP contribution in [0.5, 0.6) is 0 Å². The number of aromatic amines is 1. The van der Waals surface area contributed by atoms with Crippen LogP contribution in [0.3, 0.4) is 0 Å². The van der Waals surface area contributed by atoms with Crippen molar-refractivity contribution < 1.29 is 23.9 Å². The van der Waals surface area contributed by atoms with E-state index in [9.17, 15) is 14.4 Å². The van der Waals surface area contributed by atoms with Crippen LogP contribution in [0, 0.1) is 20.8 Å². The maximum absolute atomic E-state index is 12.5. The Balaban J connectivity index is 2.08. The van der Waals surface area contributed by atoms with Gasteiger partial charge in [0.1, 0.15) is 5.69 Å². The molecule has 1 aromatic carbocycles. The lowest BCUT2D eigenvalue weighted by Crippen LogP contribution is -2.30. The maximum Gasteiger partial charge on any atom is 0.355 e. The van der Waals surface area contributed by atoms with Gasteiger partial charge in [0.15, 0.2) is 6.10 Å². The number of nitrogens with one attached hydrogen (secondary N) is 2. The predicted octanol–water partition coefficient (Wildman–Crippen LogP) is 3.30. The largest absolute Gasteiger partial charge is 0.461 e. The van der Waals surface area contributed by atoms with E-state index in [4.69, 9.17) is 9.47 Å². The zero-order valence-electron chi connectivity index (χ0n) is 16.1. The van der Waals surface area contributed by atoms with Crippen molar-refractivity contribution in [3.8, 4) is 0 Å². The Morgan fingerprint density at radius 1 is 1.07 bits per heavy atom. The molecule has 0 saturated carbocycles. The van der Waals surface area contributed by atoms with E-state index in [-0.39, 0.29) is 17.9 Å². The van der Waals surface area contributed by atoms with Crippen molar-refractivity contribution in [3.63, 3.8) is 0 Å². The minimum atomic E-state index is -1.00. The topological polar surface area (TPSA) is 97.5 Å². The Bertz CT molecular complexity index is 852. The van der Waals surface area contributed by atoms with Gasteiger partial charge in [-0.15, -0.1) is 0 Å². The number of amides is 1. The van der Waals surface area contributed by atoms with Crippen LogP contribution in [-0.4, -0.2) is 35.5 Å². The van der Waals surface area contributed by atoms with Crippen molar-refractivity contribution >= 4 is 23.5 Å². The van der Waals surface area contributed by atoms with Crippen molar-refractivity contribution in [3.05, 3.63) is 52.3 Å². The van der Waals surface area contributed by atoms with E-state index in [0.717, 1.165) is 5.56 Å². The van der Waals surface area contributed by atoms with E-state index in [1.165, 1.54) is 6.92 Å². The molecule has 0 radical (unpaired) electrons. The normalized spacial score (nSPS) is 11.6. The SMILES string of the molecule is CCOC(=O)c1[nH]c(C)c(C(=O)OC(C)C(=O)Nc2ccc(C)cc2)c1C. The molecule has 2 aromatic rings. The van der Waals surface area contributed by atoms with Gasteiger partial charge in [0.05, 0.1) is 12.2 Å². The second kappa shape index (κ2) is 8.53. The summed E-state index contributed by atoms with van der Waals surface area (Å²) >= 11 is 0. The Morgan fingerprint density at radius 2 is 1.70 bits per heavy atom. The highest BCUT2D eigenvalue weighted by Gasteiger charge is 2.26. The van der Waals surface area contributed by atoms with Gasteiger partial charge >= 0.3 is 11.9 Å². The number of benzene rings is 1. The van der Waals surface area contributed by atoms with E-state index >= 15 is 0 Å². The molecule has 1 heterocycles. The highest BCUT2D eigenvalue weighted by molar-refractivity contribution is 6.01. The summed E-state index contributed by atoms with van der Waals surface area (Å²) in [5.74, 6) is -1.66. The van der Waals surface area contributed by atoms with Crippen LogP contribution in [0.25, 0.3) is 0 Å². The molecule has 144 valence electrons. The quantitative estimate of drug-likeness (QED) is 0.758. The summed E-state index contributed by atoms with van der Waals surface area (Å²) in [6, 6.07) is 7.28. The van der Waals surface area contributed by atoms with Crippen molar-refractivity contribution in [2.75, 3.05) is 11.9 Å². The number of rotatable bonds is 6. The third-order valence-electron chi connectivity index (χ3n) is 4.09. The molecule has 1 atom stereocenters. The van der Waals surface area contributed by atoms with Gasteiger partial charge < -0.3 is 19.8 Å². The maximum atomic E-state index is 12.5. The smallest absolute Gasteiger partial charge is 0.355 e. The average molecular weight is 372 g/mol. The molecule has 1 aromatic heterocycles. The molecular weight excluding hydrogens is 348 g/mol. The fourth-order valence-corrected chi connectivity index (χ4v) is 2.62. The third kappa shape index (κ3) is 4.75. The molecule has 0 bridgehead atoms. The van der Waals surface area contributed by atoms with Gasteiger partial charge in [-0.1, -0.05) is 17.7 Å². The molecule has 7 heteroatoms. The molecule has 1 unspecified atom stereocenters. The summed E-state index contributed by atoms with van der Waals surface area (Å²) in [6.45, 7) is 8.65. The minimum Gasteiger partial charge on any atom is -0.461 e. The molecule has 0 aliphatic rings. The van der Waals surface area contributed by atoms with Gasteiger partial charge in [-0.25, -0.2) is 9.59 Å². The average Bonchev–Trinajstić information content (AvgIpc) is 2.91. The van der Waals surface area contributed by atoms with Gasteiger partial charge in [0.2, 0.25) is 0 Å². The first-order valence-electron chi connectivity index (χ1n) is 8.69. The number of H-pyrrole nitrogens is 1. The number of aryl methyl sites for hydroxylation is 2. The number of aromatic nitrogens is 1. The number of carbonyl (C=O) groups is 3.